The molecule has 6 heteroatoms. The van der Waals surface area contributed by atoms with E-state index >= 15 is 0 Å². The molecule has 16 heavy (non-hydrogen) atoms. The summed E-state index contributed by atoms with van der Waals surface area (Å²) in [5.41, 5.74) is 5.63. The predicted molar refractivity (Wildman–Crippen MR) is 53.0 cm³/mol. The molecule has 0 aromatic carbocycles. The van der Waals surface area contributed by atoms with Gasteiger partial charge in [0, 0.05) is 6.54 Å². The smallest absolute Gasteiger partial charge is 0.267 e. The van der Waals surface area contributed by atoms with Crippen molar-refractivity contribution in [3.05, 3.63) is 23.0 Å². The van der Waals surface area contributed by atoms with Crippen LogP contribution >= 0.6 is 0 Å². The van der Waals surface area contributed by atoms with Crippen molar-refractivity contribution in [3.63, 3.8) is 0 Å². The van der Waals surface area contributed by atoms with Crippen molar-refractivity contribution < 1.29 is 13.5 Å². The van der Waals surface area contributed by atoms with Gasteiger partial charge >= 0.3 is 0 Å². The van der Waals surface area contributed by atoms with Gasteiger partial charge in [0.1, 0.15) is 0 Å². The first-order valence-electron chi connectivity index (χ1n) is 4.55. The van der Waals surface area contributed by atoms with Crippen LogP contribution in [-0.4, -0.2) is 12.1 Å². The minimum atomic E-state index is -2.68. The summed E-state index contributed by atoms with van der Waals surface area (Å²) in [6, 6.07) is 3.02. The fraction of sp³-hybridized carbons (Fsp3) is 0.400. The fourth-order valence-corrected chi connectivity index (χ4v) is 1.38. The topological polar surface area (TPSA) is 71.9 Å². The maximum absolute atomic E-state index is 12.7. The molecule has 0 radical (unpaired) electrons. The molecule has 4 nitrogen and oxygen atoms in total. The van der Waals surface area contributed by atoms with Crippen molar-refractivity contribution in [2.75, 3.05) is 7.11 Å². The van der Waals surface area contributed by atoms with Crippen LogP contribution in [0.3, 0.4) is 0 Å². The normalized spacial score (nSPS) is 10.2. The number of hydrogen-bond acceptors (Lipinski definition) is 4. The second-order valence-corrected chi connectivity index (χ2v) is 3.02. The Kier molecular flexibility index (Phi) is 4.14. The summed E-state index contributed by atoms with van der Waals surface area (Å²) in [7, 11) is 1.28. The fourth-order valence-electron chi connectivity index (χ4n) is 1.38. The number of aromatic nitrogens is 1. The van der Waals surface area contributed by atoms with Crippen LogP contribution in [0.4, 0.5) is 8.78 Å². The average molecular weight is 227 g/mol. The Morgan fingerprint density at radius 2 is 2.31 bits per heavy atom. The van der Waals surface area contributed by atoms with Crippen molar-refractivity contribution in [2.45, 2.75) is 19.4 Å². The zero-order valence-electron chi connectivity index (χ0n) is 8.70. The highest BCUT2D eigenvalue weighted by Gasteiger charge is 2.19. The van der Waals surface area contributed by atoms with E-state index in [1.165, 1.54) is 13.2 Å². The van der Waals surface area contributed by atoms with Crippen molar-refractivity contribution >= 4 is 0 Å². The second-order valence-electron chi connectivity index (χ2n) is 3.02. The van der Waals surface area contributed by atoms with Crippen molar-refractivity contribution in [3.8, 4) is 11.8 Å². The van der Waals surface area contributed by atoms with E-state index in [0.717, 1.165) is 0 Å². The number of hydrogen-bond donors (Lipinski definition) is 1. The number of alkyl halides is 2. The molecule has 1 rings (SSSR count). The molecule has 86 valence electrons. The Hall–Kier alpha value is -1.74. The van der Waals surface area contributed by atoms with Crippen LogP contribution in [0.5, 0.6) is 5.75 Å². The van der Waals surface area contributed by atoms with Gasteiger partial charge in [-0.05, 0) is 6.07 Å². The highest BCUT2D eigenvalue weighted by atomic mass is 19.3. The number of halogens is 2. The minimum Gasteiger partial charge on any atom is -0.494 e. The largest absolute Gasteiger partial charge is 0.494 e. The Labute approximate surface area is 91.7 Å². The maximum atomic E-state index is 12.7. The third-order valence-corrected chi connectivity index (χ3v) is 2.02. The van der Waals surface area contributed by atoms with Gasteiger partial charge in [-0.2, -0.15) is 5.26 Å². The van der Waals surface area contributed by atoms with Crippen LogP contribution < -0.4 is 10.5 Å². The van der Waals surface area contributed by atoms with Gasteiger partial charge in [-0.25, -0.2) is 8.78 Å². The van der Waals surface area contributed by atoms with Crippen LogP contribution in [0.15, 0.2) is 6.07 Å². The molecule has 0 aliphatic rings. The third-order valence-electron chi connectivity index (χ3n) is 2.02. The van der Waals surface area contributed by atoms with Crippen LogP contribution in [0.25, 0.3) is 0 Å². The molecule has 1 aromatic rings. The van der Waals surface area contributed by atoms with E-state index in [-0.39, 0.29) is 35.7 Å². The van der Waals surface area contributed by atoms with E-state index in [1.54, 1.807) is 0 Å². The van der Waals surface area contributed by atoms with Gasteiger partial charge in [-0.15, -0.1) is 0 Å². The van der Waals surface area contributed by atoms with Gasteiger partial charge in [-0.3, -0.25) is 4.98 Å². The zero-order valence-corrected chi connectivity index (χ0v) is 8.70. The van der Waals surface area contributed by atoms with Gasteiger partial charge in [0.05, 0.1) is 36.6 Å². The monoisotopic (exact) mass is 227 g/mol. The van der Waals surface area contributed by atoms with E-state index in [2.05, 4.69) is 4.98 Å². The number of pyridine rings is 1. The molecule has 0 bridgehead atoms. The minimum absolute atomic E-state index is 0.000750. The van der Waals surface area contributed by atoms with Crippen LogP contribution in [0, 0.1) is 11.3 Å². The van der Waals surface area contributed by atoms with Crippen molar-refractivity contribution in [1.82, 2.24) is 4.98 Å². The van der Waals surface area contributed by atoms with Crippen LogP contribution in [0.1, 0.15) is 23.4 Å². The van der Waals surface area contributed by atoms with Crippen LogP contribution in [0.2, 0.25) is 0 Å². The van der Waals surface area contributed by atoms with E-state index < -0.39 is 6.43 Å². The number of nitriles is 1. The maximum Gasteiger partial charge on any atom is 0.267 e. The molecule has 0 aliphatic heterocycles. The Morgan fingerprint density at radius 1 is 1.62 bits per heavy atom. The van der Waals surface area contributed by atoms with Gasteiger partial charge in [0.25, 0.3) is 6.43 Å². The summed E-state index contributed by atoms with van der Waals surface area (Å²) in [4.78, 5) is 3.99. The van der Waals surface area contributed by atoms with E-state index in [4.69, 9.17) is 15.7 Å². The number of methoxy groups -OCH3 is 1. The lowest BCUT2D eigenvalue weighted by Crippen LogP contribution is -2.08. The van der Waals surface area contributed by atoms with Gasteiger partial charge < -0.3 is 10.5 Å². The highest BCUT2D eigenvalue weighted by molar-refractivity contribution is 5.40. The van der Waals surface area contributed by atoms with E-state index in [0.29, 0.717) is 0 Å². The molecule has 0 amide bonds. The molecule has 0 aliphatic carbocycles. The van der Waals surface area contributed by atoms with E-state index in [1.807, 2.05) is 6.07 Å². The van der Waals surface area contributed by atoms with Crippen molar-refractivity contribution in [2.24, 2.45) is 5.73 Å². The number of nitrogens with two attached hydrogens (primary N) is 1. The van der Waals surface area contributed by atoms with Gasteiger partial charge in [0.2, 0.25) is 0 Å². The standard InChI is InChI=1S/C10H11F2N3O/c1-16-9-7(10(11)12)4-6(2-3-13)15-8(9)5-14/h4,10H,2,5,14H2,1H3. The molecular formula is C10H11F2N3O. The average Bonchev–Trinajstić information content (AvgIpc) is 2.28. The Morgan fingerprint density at radius 3 is 2.75 bits per heavy atom. The lowest BCUT2D eigenvalue weighted by atomic mass is 10.1. The summed E-state index contributed by atoms with van der Waals surface area (Å²) in [6.45, 7) is -0.0117. The molecule has 0 saturated heterocycles. The number of nitrogens with zero attached hydrogens (tertiary/aromatic N) is 2. The van der Waals surface area contributed by atoms with Crippen molar-refractivity contribution in [1.29, 1.82) is 5.26 Å². The summed E-state index contributed by atoms with van der Waals surface area (Å²) in [5, 5.41) is 8.50. The summed E-state index contributed by atoms with van der Waals surface area (Å²) < 4.78 is 30.3. The summed E-state index contributed by atoms with van der Waals surface area (Å²) in [5.74, 6) is -0.000750. The SMILES string of the molecule is COc1c(C(F)F)cc(CC#N)nc1CN. The molecular weight excluding hydrogens is 216 g/mol. The predicted octanol–water partition coefficient (Wildman–Crippen LogP) is 1.55. The highest BCUT2D eigenvalue weighted by Crippen LogP contribution is 2.31. The molecule has 0 saturated carbocycles. The lowest BCUT2D eigenvalue weighted by Gasteiger charge is -2.12. The second kappa shape index (κ2) is 5.37. The third kappa shape index (κ3) is 2.44. The zero-order chi connectivity index (χ0) is 12.1. The Bertz CT molecular complexity index is 415. The molecule has 0 fully saturated rings. The first-order chi connectivity index (χ1) is 7.63. The molecule has 0 spiro atoms. The quantitative estimate of drug-likeness (QED) is 0.847. The molecule has 2 N–H and O–H groups in total. The molecule has 0 unspecified atom stereocenters. The molecule has 1 heterocycles. The first-order valence-corrected chi connectivity index (χ1v) is 4.55. The molecule has 0 atom stereocenters. The molecule has 1 aromatic heterocycles. The van der Waals surface area contributed by atoms with E-state index in [9.17, 15) is 8.78 Å². The lowest BCUT2D eigenvalue weighted by molar-refractivity contribution is 0.146. The van der Waals surface area contributed by atoms with Crippen LogP contribution in [-0.2, 0) is 13.0 Å². The summed E-state index contributed by atoms with van der Waals surface area (Å²) >= 11 is 0. The first kappa shape index (κ1) is 12.3. The van der Waals surface area contributed by atoms with Gasteiger partial charge in [0.15, 0.2) is 5.75 Å². The van der Waals surface area contributed by atoms with Gasteiger partial charge in [-0.1, -0.05) is 0 Å². The Balaban J connectivity index is 3.32. The number of rotatable bonds is 4. The number of ether oxygens (including phenoxy) is 1. The summed E-state index contributed by atoms with van der Waals surface area (Å²) in [6.07, 6.45) is -2.71.